The molecule has 6 nitrogen and oxygen atoms in total. The molecular formula is C13H18O6S. The molecule has 7 heteroatoms. The number of hydrogen-bond acceptors (Lipinski definition) is 6. The van der Waals surface area contributed by atoms with Gasteiger partial charge in [-0.05, 0) is 12.5 Å². The fraction of sp³-hybridized carbons (Fsp3) is 0.538. The molecule has 0 bridgehead atoms. The van der Waals surface area contributed by atoms with E-state index in [1.807, 2.05) is 6.92 Å². The lowest BCUT2D eigenvalue weighted by Gasteiger charge is -2.11. The van der Waals surface area contributed by atoms with Gasteiger partial charge in [0.2, 0.25) is 6.79 Å². The van der Waals surface area contributed by atoms with Crippen molar-refractivity contribution in [1.82, 2.24) is 0 Å². The number of sulfone groups is 1. The third-order valence-corrected chi connectivity index (χ3v) is 4.71. The molecule has 0 radical (unpaired) electrons. The summed E-state index contributed by atoms with van der Waals surface area (Å²) in [5.74, 6) is 1.63. The Morgan fingerprint density at radius 3 is 2.60 bits per heavy atom. The number of fused-ring (bicyclic) bond motifs is 1. The van der Waals surface area contributed by atoms with Crippen LogP contribution in [0, 0.1) is 0 Å². The Balaban J connectivity index is 2.02. The molecule has 0 aromatic heterocycles. The van der Waals surface area contributed by atoms with Crippen molar-refractivity contribution in [3.8, 4) is 17.2 Å². The van der Waals surface area contributed by atoms with Crippen molar-refractivity contribution in [2.24, 2.45) is 0 Å². The summed E-state index contributed by atoms with van der Waals surface area (Å²) in [6, 6.07) is 3.25. The topological polar surface area (TPSA) is 82.1 Å². The smallest absolute Gasteiger partial charge is 0.231 e. The second-order valence-electron chi connectivity index (χ2n) is 4.47. The van der Waals surface area contributed by atoms with Crippen molar-refractivity contribution < 1.29 is 27.7 Å². The van der Waals surface area contributed by atoms with Crippen LogP contribution in [0.25, 0.3) is 0 Å². The van der Waals surface area contributed by atoms with Crippen LogP contribution >= 0.6 is 0 Å². The van der Waals surface area contributed by atoms with Gasteiger partial charge in [0.15, 0.2) is 21.3 Å². The summed E-state index contributed by atoms with van der Waals surface area (Å²) in [6.07, 6.45) is 0.592. The van der Waals surface area contributed by atoms with E-state index in [2.05, 4.69) is 0 Å². The monoisotopic (exact) mass is 302 g/mol. The van der Waals surface area contributed by atoms with Crippen LogP contribution in [0.3, 0.4) is 0 Å². The standard InChI is InChI=1S/C13H18O6S/c1-2-4-20(15,16)5-3-17-11-7-13-12(18-9-19-13)6-10(11)8-14/h6-7,14H,2-5,8-9H2,1H3. The zero-order valence-corrected chi connectivity index (χ0v) is 12.1. The average Bonchev–Trinajstić information content (AvgIpc) is 2.84. The molecule has 0 atom stereocenters. The van der Waals surface area contributed by atoms with Gasteiger partial charge < -0.3 is 19.3 Å². The maximum Gasteiger partial charge on any atom is 0.231 e. The van der Waals surface area contributed by atoms with Gasteiger partial charge in [0.1, 0.15) is 12.4 Å². The highest BCUT2D eigenvalue weighted by Gasteiger charge is 2.18. The molecule has 20 heavy (non-hydrogen) atoms. The second-order valence-corrected chi connectivity index (χ2v) is 6.78. The maximum atomic E-state index is 11.6. The summed E-state index contributed by atoms with van der Waals surface area (Å²) in [5.41, 5.74) is 0.544. The first kappa shape index (κ1) is 14.9. The number of aliphatic hydroxyl groups excluding tert-OH is 1. The Morgan fingerprint density at radius 2 is 1.95 bits per heavy atom. The molecule has 0 unspecified atom stereocenters. The van der Waals surface area contributed by atoms with E-state index in [9.17, 15) is 13.5 Å². The highest BCUT2D eigenvalue weighted by molar-refractivity contribution is 7.91. The van der Waals surface area contributed by atoms with Crippen molar-refractivity contribution in [2.45, 2.75) is 20.0 Å². The van der Waals surface area contributed by atoms with Gasteiger partial charge in [-0.3, -0.25) is 0 Å². The first-order chi connectivity index (χ1) is 9.55. The Labute approximate surface area is 118 Å². The molecule has 1 heterocycles. The van der Waals surface area contributed by atoms with E-state index in [0.29, 0.717) is 29.2 Å². The van der Waals surface area contributed by atoms with Gasteiger partial charge in [0.05, 0.1) is 18.1 Å². The molecule has 1 aliphatic rings. The van der Waals surface area contributed by atoms with Crippen molar-refractivity contribution in [3.63, 3.8) is 0 Å². The van der Waals surface area contributed by atoms with Crippen LogP contribution in [0.4, 0.5) is 0 Å². The summed E-state index contributed by atoms with van der Waals surface area (Å²) in [6.45, 7) is 1.79. The van der Waals surface area contributed by atoms with E-state index >= 15 is 0 Å². The van der Waals surface area contributed by atoms with Crippen LogP contribution in [-0.2, 0) is 16.4 Å². The van der Waals surface area contributed by atoms with Gasteiger partial charge in [0.25, 0.3) is 0 Å². The van der Waals surface area contributed by atoms with Gasteiger partial charge in [-0.25, -0.2) is 8.42 Å². The van der Waals surface area contributed by atoms with Crippen LogP contribution in [0.1, 0.15) is 18.9 Å². The van der Waals surface area contributed by atoms with Gasteiger partial charge in [0, 0.05) is 11.6 Å². The normalized spacial score (nSPS) is 13.5. The molecule has 0 aliphatic carbocycles. The van der Waals surface area contributed by atoms with Gasteiger partial charge in [-0.2, -0.15) is 0 Å². The minimum atomic E-state index is -3.08. The Kier molecular flexibility index (Phi) is 4.72. The Bertz CT molecular complexity index is 566. The molecule has 1 aliphatic heterocycles. The molecular weight excluding hydrogens is 284 g/mol. The number of benzene rings is 1. The van der Waals surface area contributed by atoms with E-state index in [1.165, 1.54) is 0 Å². The number of rotatable bonds is 7. The van der Waals surface area contributed by atoms with Crippen LogP contribution < -0.4 is 14.2 Å². The summed E-state index contributed by atoms with van der Waals surface area (Å²) in [5, 5.41) is 9.30. The van der Waals surface area contributed by atoms with Crippen molar-refractivity contribution in [3.05, 3.63) is 17.7 Å². The first-order valence-corrected chi connectivity index (χ1v) is 8.24. The molecule has 0 fully saturated rings. The van der Waals surface area contributed by atoms with E-state index < -0.39 is 9.84 Å². The van der Waals surface area contributed by atoms with Crippen molar-refractivity contribution >= 4 is 9.84 Å². The summed E-state index contributed by atoms with van der Waals surface area (Å²) < 4.78 is 39.1. The molecule has 2 rings (SSSR count). The molecule has 1 N–H and O–H groups in total. The first-order valence-electron chi connectivity index (χ1n) is 6.42. The predicted molar refractivity (Wildman–Crippen MR) is 72.9 cm³/mol. The lowest BCUT2D eigenvalue weighted by molar-refractivity contribution is 0.173. The second kappa shape index (κ2) is 6.32. The van der Waals surface area contributed by atoms with E-state index in [4.69, 9.17) is 14.2 Å². The van der Waals surface area contributed by atoms with Crippen molar-refractivity contribution in [1.29, 1.82) is 0 Å². The zero-order valence-electron chi connectivity index (χ0n) is 11.3. The van der Waals surface area contributed by atoms with E-state index in [0.717, 1.165) is 0 Å². The number of ether oxygens (including phenoxy) is 3. The molecule has 0 amide bonds. The van der Waals surface area contributed by atoms with Gasteiger partial charge in [-0.15, -0.1) is 0 Å². The fourth-order valence-electron chi connectivity index (χ4n) is 1.92. The number of aliphatic hydroxyl groups is 1. The van der Waals surface area contributed by atoms with Gasteiger partial charge in [-0.1, -0.05) is 6.92 Å². The minimum absolute atomic E-state index is 0.0415. The van der Waals surface area contributed by atoms with E-state index in [1.54, 1.807) is 12.1 Å². The molecule has 0 saturated carbocycles. The Morgan fingerprint density at radius 1 is 1.25 bits per heavy atom. The summed E-state index contributed by atoms with van der Waals surface area (Å²) in [4.78, 5) is 0. The minimum Gasteiger partial charge on any atom is -0.492 e. The highest BCUT2D eigenvalue weighted by atomic mass is 32.2. The van der Waals surface area contributed by atoms with Crippen LogP contribution in [0.2, 0.25) is 0 Å². The number of hydrogen-bond donors (Lipinski definition) is 1. The lowest BCUT2D eigenvalue weighted by atomic mass is 10.2. The molecule has 112 valence electrons. The SMILES string of the molecule is CCCS(=O)(=O)CCOc1cc2c(cc1CO)OCO2. The van der Waals surface area contributed by atoms with Crippen LogP contribution in [0.15, 0.2) is 12.1 Å². The summed E-state index contributed by atoms with van der Waals surface area (Å²) in [7, 11) is -3.08. The Hall–Kier alpha value is -1.47. The summed E-state index contributed by atoms with van der Waals surface area (Å²) >= 11 is 0. The third-order valence-electron chi connectivity index (χ3n) is 2.89. The molecule has 0 spiro atoms. The highest BCUT2D eigenvalue weighted by Crippen LogP contribution is 2.38. The van der Waals surface area contributed by atoms with Crippen LogP contribution in [0.5, 0.6) is 17.2 Å². The van der Waals surface area contributed by atoms with E-state index in [-0.39, 0.29) is 31.5 Å². The maximum absolute atomic E-state index is 11.6. The van der Waals surface area contributed by atoms with Gasteiger partial charge >= 0.3 is 0 Å². The third kappa shape index (κ3) is 3.55. The quantitative estimate of drug-likeness (QED) is 0.812. The lowest BCUT2D eigenvalue weighted by Crippen LogP contribution is -2.17. The fourth-order valence-corrected chi connectivity index (χ4v) is 3.08. The largest absolute Gasteiger partial charge is 0.492 e. The van der Waals surface area contributed by atoms with Crippen LogP contribution in [-0.4, -0.2) is 38.4 Å². The molecule has 1 aromatic rings. The molecule has 0 saturated heterocycles. The predicted octanol–water partition coefficient (Wildman–Crippen LogP) is 1.11. The average molecular weight is 302 g/mol. The van der Waals surface area contributed by atoms with Crippen molar-refractivity contribution in [2.75, 3.05) is 24.9 Å². The molecule has 1 aromatic carbocycles. The zero-order chi connectivity index (χ0) is 14.6.